The number of allylic oxidation sites excluding steroid dienone is 2. The summed E-state index contributed by atoms with van der Waals surface area (Å²) >= 11 is 4.48. The molecule has 1 aliphatic rings. The summed E-state index contributed by atoms with van der Waals surface area (Å²) in [7, 11) is 0. The fraction of sp³-hybridized carbons (Fsp3) is 0.571. The predicted molar refractivity (Wildman–Crippen MR) is 41.6 cm³/mol. The van der Waals surface area contributed by atoms with Crippen LogP contribution in [-0.2, 0) is 0 Å². The average Bonchev–Trinajstić information content (AvgIpc) is 1.91. The van der Waals surface area contributed by atoms with Crippen molar-refractivity contribution in [2.45, 2.75) is 25.7 Å². The minimum absolute atomic E-state index is 1.09. The Hall–Kier alpha value is -0.460. The maximum Gasteiger partial charge on any atom is 0.0637 e. The molecule has 0 N–H and O–H groups in total. The second-order valence-corrected chi connectivity index (χ2v) is 2.33. The summed E-state index contributed by atoms with van der Waals surface area (Å²) in [5.74, 6) is 0. The van der Waals surface area contributed by atoms with Crippen molar-refractivity contribution in [3.63, 3.8) is 0 Å². The van der Waals surface area contributed by atoms with Crippen molar-refractivity contribution in [2.24, 2.45) is 4.99 Å². The highest BCUT2D eigenvalue weighted by molar-refractivity contribution is 7.78. The SMILES string of the molecule is S=C=NC1=CCCCC1. The van der Waals surface area contributed by atoms with Gasteiger partial charge in [-0.15, -0.1) is 0 Å². The van der Waals surface area contributed by atoms with E-state index in [0.29, 0.717) is 0 Å². The summed E-state index contributed by atoms with van der Waals surface area (Å²) in [4.78, 5) is 3.91. The zero-order valence-electron chi connectivity index (χ0n) is 5.26. The van der Waals surface area contributed by atoms with Crippen LogP contribution in [0, 0.1) is 0 Å². The molecular weight excluding hydrogens is 130 g/mol. The van der Waals surface area contributed by atoms with Gasteiger partial charge in [-0.2, -0.15) is 4.99 Å². The van der Waals surface area contributed by atoms with E-state index in [9.17, 15) is 0 Å². The van der Waals surface area contributed by atoms with E-state index in [1.165, 1.54) is 12.8 Å². The fourth-order valence-electron chi connectivity index (χ4n) is 0.981. The van der Waals surface area contributed by atoms with Gasteiger partial charge in [0.2, 0.25) is 0 Å². The van der Waals surface area contributed by atoms with E-state index in [2.05, 4.69) is 28.4 Å². The molecule has 0 saturated carbocycles. The van der Waals surface area contributed by atoms with Gasteiger partial charge in [0.15, 0.2) is 0 Å². The molecule has 0 spiro atoms. The Morgan fingerprint density at radius 3 is 3.00 bits per heavy atom. The quantitative estimate of drug-likeness (QED) is 0.401. The first-order chi connectivity index (χ1) is 4.43. The molecule has 0 bridgehead atoms. The molecular formula is C7H9NS. The molecule has 9 heavy (non-hydrogen) atoms. The first kappa shape index (κ1) is 6.66. The van der Waals surface area contributed by atoms with Crippen LogP contribution in [0.2, 0.25) is 0 Å². The Bertz CT molecular complexity index is 166. The molecule has 0 unspecified atom stereocenters. The normalized spacial score (nSPS) is 18.0. The van der Waals surface area contributed by atoms with Crippen LogP contribution in [0.3, 0.4) is 0 Å². The molecule has 0 aromatic rings. The maximum atomic E-state index is 4.48. The lowest BCUT2D eigenvalue weighted by molar-refractivity contribution is 0.697. The van der Waals surface area contributed by atoms with Crippen LogP contribution < -0.4 is 0 Å². The summed E-state index contributed by atoms with van der Waals surface area (Å²) in [5.41, 5.74) is 1.12. The zero-order valence-corrected chi connectivity index (χ0v) is 6.08. The van der Waals surface area contributed by atoms with Crippen LogP contribution >= 0.6 is 12.2 Å². The van der Waals surface area contributed by atoms with Crippen LogP contribution in [0.1, 0.15) is 25.7 Å². The number of nitrogens with zero attached hydrogens (tertiary/aromatic N) is 1. The summed E-state index contributed by atoms with van der Waals surface area (Å²) in [6.45, 7) is 0. The zero-order chi connectivity index (χ0) is 6.53. The summed E-state index contributed by atoms with van der Waals surface area (Å²) in [5, 5.41) is 2.38. The van der Waals surface area contributed by atoms with E-state index >= 15 is 0 Å². The van der Waals surface area contributed by atoms with Crippen LogP contribution in [0.5, 0.6) is 0 Å². The Kier molecular flexibility index (Phi) is 2.62. The van der Waals surface area contributed by atoms with Gasteiger partial charge in [-0.05, 0) is 37.9 Å². The molecule has 0 amide bonds. The van der Waals surface area contributed by atoms with Crippen molar-refractivity contribution < 1.29 is 0 Å². The van der Waals surface area contributed by atoms with Crippen LogP contribution in [0.25, 0.3) is 0 Å². The Morgan fingerprint density at radius 2 is 2.44 bits per heavy atom. The van der Waals surface area contributed by atoms with Gasteiger partial charge < -0.3 is 0 Å². The van der Waals surface area contributed by atoms with Crippen molar-refractivity contribution >= 4 is 17.4 Å². The molecule has 0 aromatic carbocycles. The molecule has 0 radical (unpaired) electrons. The molecule has 1 nitrogen and oxygen atoms in total. The second kappa shape index (κ2) is 3.54. The topological polar surface area (TPSA) is 12.4 Å². The van der Waals surface area contributed by atoms with Gasteiger partial charge in [0.25, 0.3) is 0 Å². The first-order valence-corrected chi connectivity index (χ1v) is 3.61. The van der Waals surface area contributed by atoms with E-state index < -0.39 is 0 Å². The molecule has 0 aromatic heterocycles. The van der Waals surface area contributed by atoms with Crippen molar-refractivity contribution in [2.75, 3.05) is 0 Å². The summed E-state index contributed by atoms with van der Waals surface area (Å²) in [6.07, 6.45) is 6.95. The third kappa shape index (κ3) is 2.08. The number of thiocarbonyl (C=S) groups is 1. The standard InChI is InChI=1S/C7H9NS/c9-6-8-7-4-2-1-3-5-7/h4H,1-3,5H2. The Labute approximate surface area is 60.5 Å². The minimum Gasteiger partial charge on any atom is -0.200 e. The highest BCUT2D eigenvalue weighted by Crippen LogP contribution is 2.17. The summed E-state index contributed by atoms with van der Waals surface area (Å²) < 4.78 is 0. The van der Waals surface area contributed by atoms with E-state index in [4.69, 9.17) is 0 Å². The number of rotatable bonds is 1. The van der Waals surface area contributed by atoms with Crippen LogP contribution in [0.15, 0.2) is 16.8 Å². The van der Waals surface area contributed by atoms with Gasteiger partial charge in [-0.25, -0.2) is 0 Å². The summed E-state index contributed by atoms with van der Waals surface area (Å²) in [6, 6.07) is 0. The molecule has 0 aliphatic heterocycles. The molecule has 0 saturated heterocycles. The monoisotopic (exact) mass is 139 g/mol. The molecule has 1 rings (SSSR count). The maximum absolute atomic E-state index is 4.48. The van der Waals surface area contributed by atoms with Gasteiger partial charge in [0.1, 0.15) is 0 Å². The van der Waals surface area contributed by atoms with Crippen LogP contribution in [0.4, 0.5) is 0 Å². The van der Waals surface area contributed by atoms with Gasteiger partial charge in [-0.3, -0.25) is 0 Å². The second-order valence-electron chi connectivity index (χ2n) is 2.14. The molecule has 0 atom stereocenters. The number of isothiocyanates is 1. The number of hydrogen-bond acceptors (Lipinski definition) is 2. The molecule has 48 valence electrons. The van der Waals surface area contributed by atoms with Crippen molar-refractivity contribution in [1.29, 1.82) is 0 Å². The average molecular weight is 139 g/mol. The predicted octanol–water partition coefficient (Wildman–Crippen LogP) is 2.55. The highest BCUT2D eigenvalue weighted by Gasteiger charge is 1.99. The van der Waals surface area contributed by atoms with E-state index in [-0.39, 0.29) is 0 Å². The fourth-order valence-corrected chi connectivity index (χ4v) is 1.10. The first-order valence-electron chi connectivity index (χ1n) is 3.20. The lowest BCUT2D eigenvalue weighted by Gasteiger charge is -2.04. The number of aliphatic imine (C=N–C) groups is 1. The van der Waals surface area contributed by atoms with E-state index in [0.717, 1.165) is 18.5 Å². The lowest BCUT2D eigenvalue weighted by atomic mass is 10.1. The van der Waals surface area contributed by atoms with Gasteiger partial charge in [0.05, 0.1) is 5.16 Å². The van der Waals surface area contributed by atoms with Crippen molar-refractivity contribution in [3.05, 3.63) is 11.8 Å². The minimum atomic E-state index is 1.09. The largest absolute Gasteiger partial charge is 0.200 e. The van der Waals surface area contributed by atoms with Crippen molar-refractivity contribution in [3.8, 4) is 0 Å². The Balaban J connectivity index is 2.56. The van der Waals surface area contributed by atoms with E-state index in [1.807, 2.05) is 0 Å². The third-order valence-corrected chi connectivity index (χ3v) is 1.55. The van der Waals surface area contributed by atoms with Crippen LogP contribution in [-0.4, -0.2) is 5.16 Å². The molecule has 1 aliphatic carbocycles. The van der Waals surface area contributed by atoms with Crippen molar-refractivity contribution in [1.82, 2.24) is 0 Å². The molecule has 0 fully saturated rings. The van der Waals surface area contributed by atoms with Gasteiger partial charge >= 0.3 is 0 Å². The third-order valence-electron chi connectivity index (χ3n) is 1.46. The molecule has 2 heteroatoms. The smallest absolute Gasteiger partial charge is 0.0637 e. The lowest BCUT2D eigenvalue weighted by Crippen LogP contribution is -1.87. The van der Waals surface area contributed by atoms with E-state index in [1.54, 1.807) is 0 Å². The molecule has 0 heterocycles. The number of hydrogen-bond donors (Lipinski definition) is 0. The Morgan fingerprint density at radius 1 is 1.56 bits per heavy atom. The van der Waals surface area contributed by atoms with Gasteiger partial charge in [-0.1, -0.05) is 6.08 Å². The van der Waals surface area contributed by atoms with Gasteiger partial charge in [0, 0.05) is 5.70 Å². The highest BCUT2D eigenvalue weighted by atomic mass is 32.1.